The molecule has 1 N–H and O–H groups in total. The Labute approximate surface area is 125 Å². The number of hydrogen-bond donors (Lipinski definition) is 1. The minimum absolute atomic E-state index is 0.126. The highest BCUT2D eigenvalue weighted by atomic mass is 32.2. The van der Waals surface area contributed by atoms with Crippen molar-refractivity contribution < 1.29 is 17.5 Å². The number of unbranched alkanes of at least 4 members (excludes halogenated alkanes) is 3. The summed E-state index contributed by atoms with van der Waals surface area (Å²) in [5.74, 6) is -0.126. The molecule has 0 aliphatic rings. The quantitative estimate of drug-likeness (QED) is 0.340. The van der Waals surface area contributed by atoms with Gasteiger partial charge in [-0.2, -0.15) is 8.42 Å². The van der Waals surface area contributed by atoms with Crippen LogP contribution in [0.15, 0.2) is 0 Å². The average Bonchev–Trinajstić information content (AvgIpc) is 2.31. The van der Waals surface area contributed by atoms with Gasteiger partial charge < -0.3 is 9.38 Å². The molecule has 0 aromatic carbocycles. The lowest BCUT2D eigenvalue weighted by Gasteiger charge is -2.31. The number of rotatable bonds is 12. The van der Waals surface area contributed by atoms with E-state index in [-0.39, 0.29) is 5.75 Å². The standard InChI is InChI=1S/C14H32N2O3S/c1-5-6-8-12-16(3,4)13-11-15(2)10-7-9-14-20(17,18)19/h5-14H2,1-4H3/p+1. The van der Waals surface area contributed by atoms with E-state index < -0.39 is 10.1 Å². The molecule has 0 fully saturated rings. The Kier molecular flexibility index (Phi) is 9.63. The minimum Gasteiger partial charge on any atom is -0.327 e. The highest BCUT2D eigenvalue weighted by Crippen LogP contribution is 2.04. The highest BCUT2D eigenvalue weighted by Gasteiger charge is 2.15. The first-order valence-electron chi connectivity index (χ1n) is 7.62. The van der Waals surface area contributed by atoms with Crippen molar-refractivity contribution >= 4 is 10.1 Å². The fourth-order valence-corrected chi connectivity index (χ4v) is 2.69. The van der Waals surface area contributed by atoms with Crippen molar-refractivity contribution in [3.8, 4) is 0 Å². The van der Waals surface area contributed by atoms with Crippen molar-refractivity contribution in [2.45, 2.75) is 39.0 Å². The molecule has 0 aromatic rings. The molecule has 0 atom stereocenters. The average molecular weight is 309 g/mol. The Hall–Kier alpha value is -0.170. The van der Waals surface area contributed by atoms with Gasteiger partial charge >= 0.3 is 0 Å². The Balaban J connectivity index is 3.72. The molecule has 20 heavy (non-hydrogen) atoms. The van der Waals surface area contributed by atoms with Gasteiger partial charge in [0, 0.05) is 6.54 Å². The maximum atomic E-state index is 10.6. The summed E-state index contributed by atoms with van der Waals surface area (Å²) in [5, 5.41) is 0. The molecule has 5 nitrogen and oxygen atoms in total. The van der Waals surface area contributed by atoms with Crippen LogP contribution in [0.1, 0.15) is 39.0 Å². The van der Waals surface area contributed by atoms with E-state index in [2.05, 4.69) is 33.0 Å². The monoisotopic (exact) mass is 309 g/mol. The van der Waals surface area contributed by atoms with E-state index in [9.17, 15) is 8.42 Å². The predicted molar refractivity (Wildman–Crippen MR) is 84.5 cm³/mol. The zero-order chi connectivity index (χ0) is 15.6. The number of nitrogens with zero attached hydrogens (tertiary/aromatic N) is 2. The third-order valence-electron chi connectivity index (χ3n) is 3.65. The van der Waals surface area contributed by atoms with Crippen molar-refractivity contribution in [3.63, 3.8) is 0 Å². The van der Waals surface area contributed by atoms with E-state index in [0.29, 0.717) is 6.42 Å². The van der Waals surface area contributed by atoms with E-state index >= 15 is 0 Å². The second kappa shape index (κ2) is 9.71. The molecule has 0 spiro atoms. The van der Waals surface area contributed by atoms with E-state index in [1.54, 1.807) is 0 Å². The van der Waals surface area contributed by atoms with Gasteiger partial charge in [-0.1, -0.05) is 13.3 Å². The SMILES string of the molecule is CCCCC[N+](C)(C)CCN(C)CCCCS(=O)(=O)O. The van der Waals surface area contributed by atoms with Gasteiger partial charge in [0.15, 0.2) is 0 Å². The van der Waals surface area contributed by atoms with Gasteiger partial charge in [0.25, 0.3) is 10.1 Å². The van der Waals surface area contributed by atoms with E-state index in [4.69, 9.17) is 4.55 Å². The number of quaternary nitrogens is 1. The third kappa shape index (κ3) is 12.8. The van der Waals surface area contributed by atoms with Gasteiger partial charge in [-0.15, -0.1) is 0 Å². The largest absolute Gasteiger partial charge is 0.327 e. The van der Waals surface area contributed by atoms with Crippen molar-refractivity contribution in [1.29, 1.82) is 0 Å². The molecule has 0 rings (SSSR count). The van der Waals surface area contributed by atoms with Crippen LogP contribution < -0.4 is 0 Å². The molecular weight excluding hydrogens is 276 g/mol. The van der Waals surface area contributed by atoms with Crippen LogP contribution in [0.25, 0.3) is 0 Å². The molecule has 0 bridgehead atoms. The smallest absolute Gasteiger partial charge is 0.264 e. The second-order valence-corrected chi connectivity index (χ2v) is 7.96. The third-order valence-corrected chi connectivity index (χ3v) is 4.45. The van der Waals surface area contributed by atoms with E-state index in [1.165, 1.54) is 25.8 Å². The van der Waals surface area contributed by atoms with Crippen LogP contribution in [0.5, 0.6) is 0 Å². The van der Waals surface area contributed by atoms with Gasteiger partial charge in [-0.3, -0.25) is 4.55 Å². The molecule has 0 saturated carbocycles. The molecule has 0 aliphatic heterocycles. The van der Waals surface area contributed by atoms with Gasteiger partial charge in [-0.25, -0.2) is 0 Å². The summed E-state index contributed by atoms with van der Waals surface area (Å²) < 4.78 is 30.9. The molecule has 0 saturated heterocycles. The lowest BCUT2D eigenvalue weighted by molar-refractivity contribution is -0.890. The van der Waals surface area contributed by atoms with E-state index in [1.807, 2.05) is 0 Å². The van der Waals surface area contributed by atoms with Gasteiger partial charge in [0.2, 0.25) is 0 Å². The van der Waals surface area contributed by atoms with Crippen LogP contribution >= 0.6 is 0 Å². The van der Waals surface area contributed by atoms with Crippen LogP contribution in [0.4, 0.5) is 0 Å². The second-order valence-electron chi connectivity index (χ2n) is 6.39. The summed E-state index contributed by atoms with van der Waals surface area (Å²) in [4.78, 5) is 2.24. The molecule has 0 unspecified atom stereocenters. The fourth-order valence-electron chi connectivity index (χ4n) is 2.12. The van der Waals surface area contributed by atoms with Crippen LogP contribution in [0.2, 0.25) is 0 Å². The zero-order valence-corrected chi connectivity index (χ0v) is 14.5. The first-order valence-corrected chi connectivity index (χ1v) is 9.23. The molecule has 0 amide bonds. The van der Waals surface area contributed by atoms with Gasteiger partial charge in [0.1, 0.15) is 0 Å². The molecule has 0 aliphatic carbocycles. The molecule has 0 heterocycles. The molecule has 122 valence electrons. The van der Waals surface area contributed by atoms with Crippen LogP contribution in [0, 0.1) is 0 Å². The normalized spacial score (nSPS) is 13.1. The predicted octanol–water partition coefficient (Wildman–Crippen LogP) is 1.85. The van der Waals surface area contributed by atoms with Crippen molar-refractivity contribution in [2.24, 2.45) is 0 Å². The Morgan fingerprint density at radius 2 is 1.65 bits per heavy atom. The zero-order valence-electron chi connectivity index (χ0n) is 13.6. The maximum Gasteiger partial charge on any atom is 0.264 e. The summed E-state index contributed by atoms with van der Waals surface area (Å²) in [5.41, 5.74) is 0. The summed E-state index contributed by atoms with van der Waals surface area (Å²) in [6.45, 7) is 6.44. The Morgan fingerprint density at radius 3 is 2.20 bits per heavy atom. The fraction of sp³-hybridized carbons (Fsp3) is 1.00. The Morgan fingerprint density at radius 1 is 1.00 bits per heavy atom. The highest BCUT2D eigenvalue weighted by molar-refractivity contribution is 7.85. The van der Waals surface area contributed by atoms with Crippen LogP contribution in [-0.2, 0) is 10.1 Å². The van der Waals surface area contributed by atoms with E-state index in [0.717, 1.165) is 30.5 Å². The first kappa shape index (κ1) is 19.8. The molecule has 0 radical (unpaired) electrons. The van der Waals surface area contributed by atoms with Gasteiger partial charge in [0.05, 0.1) is 32.9 Å². The van der Waals surface area contributed by atoms with Crippen molar-refractivity contribution in [2.75, 3.05) is 53.1 Å². The topological polar surface area (TPSA) is 57.6 Å². The summed E-state index contributed by atoms with van der Waals surface area (Å²) >= 11 is 0. The van der Waals surface area contributed by atoms with Crippen LogP contribution in [-0.4, -0.2) is 75.4 Å². The van der Waals surface area contributed by atoms with Gasteiger partial charge in [-0.05, 0) is 39.3 Å². The minimum atomic E-state index is -3.79. The lowest BCUT2D eigenvalue weighted by Crippen LogP contribution is -2.45. The summed E-state index contributed by atoms with van der Waals surface area (Å²) in [7, 11) is 2.81. The summed E-state index contributed by atoms with van der Waals surface area (Å²) in [6.07, 6.45) is 5.17. The maximum absolute atomic E-state index is 10.6. The van der Waals surface area contributed by atoms with Crippen molar-refractivity contribution in [1.82, 2.24) is 4.90 Å². The first-order chi connectivity index (χ1) is 9.16. The summed E-state index contributed by atoms with van der Waals surface area (Å²) in [6, 6.07) is 0. The molecular formula is C14H33N2O3S+. The number of likely N-dealkylation sites (N-methyl/N-ethyl adjacent to an activating group) is 2. The Bertz CT molecular complexity index is 342. The molecule has 6 heteroatoms. The number of hydrogen-bond acceptors (Lipinski definition) is 3. The molecule has 0 aromatic heterocycles. The van der Waals surface area contributed by atoms with Crippen LogP contribution in [0.3, 0.4) is 0 Å². The lowest BCUT2D eigenvalue weighted by atomic mass is 10.2. The van der Waals surface area contributed by atoms with Crippen molar-refractivity contribution in [3.05, 3.63) is 0 Å².